The van der Waals surface area contributed by atoms with Gasteiger partial charge < -0.3 is 15.8 Å². The number of carbonyl (C=O) groups excluding carboxylic acids is 1. The lowest BCUT2D eigenvalue weighted by Crippen LogP contribution is -2.29. The summed E-state index contributed by atoms with van der Waals surface area (Å²) in [6, 6.07) is 3.39. The predicted molar refractivity (Wildman–Crippen MR) is 66.7 cm³/mol. The quantitative estimate of drug-likeness (QED) is 0.839. The van der Waals surface area contributed by atoms with Crippen molar-refractivity contribution in [2.24, 2.45) is 5.73 Å². The number of carbonyl (C=O) groups is 1. The summed E-state index contributed by atoms with van der Waals surface area (Å²) in [7, 11) is 1.50. The maximum atomic E-state index is 11.5. The first-order chi connectivity index (χ1) is 6.79. The minimum absolute atomic E-state index is 0. The SMILES string of the molecule is COc1cccnc1C(=O)NCCN.Cl.Cl. The molecule has 0 saturated carbocycles. The second-order valence-corrected chi connectivity index (χ2v) is 2.60. The zero-order valence-corrected chi connectivity index (χ0v) is 10.4. The highest BCUT2D eigenvalue weighted by Crippen LogP contribution is 2.13. The highest BCUT2D eigenvalue weighted by Gasteiger charge is 2.11. The molecule has 0 bridgehead atoms. The monoisotopic (exact) mass is 267 g/mol. The summed E-state index contributed by atoms with van der Waals surface area (Å²) < 4.78 is 4.99. The van der Waals surface area contributed by atoms with Crippen LogP contribution >= 0.6 is 24.8 Å². The first-order valence-corrected chi connectivity index (χ1v) is 4.27. The average molecular weight is 268 g/mol. The number of aromatic nitrogens is 1. The number of hydrogen-bond acceptors (Lipinski definition) is 4. The Kier molecular flexibility index (Phi) is 9.99. The highest BCUT2D eigenvalue weighted by atomic mass is 35.5. The molecule has 0 fully saturated rings. The van der Waals surface area contributed by atoms with E-state index in [-0.39, 0.29) is 36.4 Å². The Hall–Kier alpha value is -1.04. The predicted octanol–water partition coefficient (Wildman–Crippen LogP) is 0.622. The average Bonchev–Trinajstić information content (AvgIpc) is 2.25. The smallest absolute Gasteiger partial charge is 0.273 e. The van der Waals surface area contributed by atoms with Gasteiger partial charge in [-0.2, -0.15) is 0 Å². The van der Waals surface area contributed by atoms with Crippen molar-refractivity contribution in [3.8, 4) is 5.75 Å². The molecule has 0 aliphatic carbocycles. The number of nitrogens with two attached hydrogens (primary N) is 1. The molecule has 0 saturated heterocycles. The van der Waals surface area contributed by atoms with E-state index in [9.17, 15) is 4.79 Å². The fourth-order valence-corrected chi connectivity index (χ4v) is 0.995. The van der Waals surface area contributed by atoms with E-state index in [0.717, 1.165) is 0 Å². The molecule has 1 aromatic rings. The lowest BCUT2D eigenvalue weighted by Gasteiger charge is -2.06. The molecule has 7 heteroatoms. The molecule has 0 atom stereocenters. The summed E-state index contributed by atoms with van der Waals surface area (Å²) in [6.45, 7) is 0.833. The summed E-state index contributed by atoms with van der Waals surface area (Å²) >= 11 is 0. The number of pyridine rings is 1. The lowest BCUT2D eigenvalue weighted by atomic mass is 10.3. The molecular weight excluding hydrogens is 253 g/mol. The molecular formula is C9H15Cl2N3O2. The minimum atomic E-state index is -0.270. The number of ether oxygens (including phenoxy) is 1. The van der Waals surface area contributed by atoms with E-state index in [0.29, 0.717) is 18.8 Å². The van der Waals surface area contributed by atoms with Crippen molar-refractivity contribution in [2.75, 3.05) is 20.2 Å². The highest BCUT2D eigenvalue weighted by molar-refractivity contribution is 5.94. The van der Waals surface area contributed by atoms with Crippen LogP contribution in [0.4, 0.5) is 0 Å². The molecule has 92 valence electrons. The Bertz CT molecular complexity index is 323. The number of methoxy groups -OCH3 is 1. The van der Waals surface area contributed by atoms with E-state index in [1.165, 1.54) is 7.11 Å². The molecule has 1 aromatic heterocycles. The van der Waals surface area contributed by atoms with Gasteiger partial charge in [0.05, 0.1) is 7.11 Å². The van der Waals surface area contributed by atoms with Gasteiger partial charge >= 0.3 is 0 Å². The number of nitrogens with one attached hydrogen (secondary N) is 1. The molecule has 3 N–H and O–H groups in total. The largest absolute Gasteiger partial charge is 0.494 e. The Balaban J connectivity index is 0. The van der Waals surface area contributed by atoms with Gasteiger partial charge in [-0.05, 0) is 12.1 Å². The molecule has 1 amide bonds. The fraction of sp³-hybridized carbons (Fsp3) is 0.333. The van der Waals surface area contributed by atoms with Crippen molar-refractivity contribution < 1.29 is 9.53 Å². The summed E-state index contributed by atoms with van der Waals surface area (Å²) in [4.78, 5) is 15.4. The van der Waals surface area contributed by atoms with E-state index in [4.69, 9.17) is 10.5 Å². The van der Waals surface area contributed by atoms with Gasteiger partial charge in [-0.25, -0.2) is 4.98 Å². The molecule has 0 spiro atoms. The molecule has 16 heavy (non-hydrogen) atoms. The Morgan fingerprint density at radius 2 is 2.25 bits per heavy atom. The van der Waals surface area contributed by atoms with E-state index < -0.39 is 0 Å². The zero-order chi connectivity index (χ0) is 10.4. The standard InChI is InChI=1S/C9H13N3O2.2ClH/c1-14-7-3-2-5-11-8(7)9(13)12-6-4-10;;/h2-3,5H,4,6,10H2,1H3,(H,12,13);2*1H. The van der Waals surface area contributed by atoms with Crippen molar-refractivity contribution in [1.29, 1.82) is 0 Å². The van der Waals surface area contributed by atoms with Crippen LogP contribution in [0.2, 0.25) is 0 Å². The van der Waals surface area contributed by atoms with Gasteiger partial charge in [0.15, 0.2) is 5.69 Å². The first kappa shape index (κ1) is 17.4. The molecule has 0 aromatic carbocycles. The van der Waals surface area contributed by atoms with Gasteiger partial charge in [0.2, 0.25) is 0 Å². The van der Waals surface area contributed by atoms with Crippen LogP contribution in [0.25, 0.3) is 0 Å². The van der Waals surface area contributed by atoms with Crippen LogP contribution in [0.1, 0.15) is 10.5 Å². The third kappa shape index (κ3) is 4.65. The van der Waals surface area contributed by atoms with Crippen LogP contribution in [-0.2, 0) is 0 Å². The fourth-order valence-electron chi connectivity index (χ4n) is 0.995. The van der Waals surface area contributed by atoms with Crippen LogP contribution < -0.4 is 15.8 Å². The van der Waals surface area contributed by atoms with Crippen LogP contribution in [0.3, 0.4) is 0 Å². The van der Waals surface area contributed by atoms with Gasteiger partial charge in [0.25, 0.3) is 5.91 Å². The maximum Gasteiger partial charge on any atom is 0.273 e. The number of hydrogen-bond donors (Lipinski definition) is 2. The van der Waals surface area contributed by atoms with E-state index in [1.54, 1.807) is 18.3 Å². The van der Waals surface area contributed by atoms with E-state index >= 15 is 0 Å². The van der Waals surface area contributed by atoms with Crippen molar-refractivity contribution >= 4 is 30.7 Å². The van der Waals surface area contributed by atoms with Gasteiger partial charge in [-0.1, -0.05) is 0 Å². The van der Waals surface area contributed by atoms with Crippen LogP contribution in [0.15, 0.2) is 18.3 Å². The number of rotatable bonds is 4. The van der Waals surface area contributed by atoms with Crippen molar-refractivity contribution in [1.82, 2.24) is 10.3 Å². The summed E-state index contributed by atoms with van der Waals surface area (Å²) in [6.07, 6.45) is 1.54. The maximum absolute atomic E-state index is 11.5. The summed E-state index contributed by atoms with van der Waals surface area (Å²) in [5.74, 6) is 0.190. The Morgan fingerprint density at radius 1 is 1.56 bits per heavy atom. The van der Waals surface area contributed by atoms with Gasteiger partial charge in [0, 0.05) is 19.3 Å². The van der Waals surface area contributed by atoms with Crippen LogP contribution in [0.5, 0.6) is 5.75 Å². The second kappa shape index (κ2) is 9.21. The summed E-state index contributed by atoms with van der Waals surface area (Å²) in [5, 5.41) is 2.62. The van der Waals surface area contributed by atoms with Crippen LogP contribution in [0, 0.1) is 0 Å². The van der Waals surface area contributed by atoms with Gasteiger partial charge in [-0.15, -0.1) is 24.8 Å². The zero-order valence-electron chi connectivity index (χ0n) is 8.80. The number of halogens is 2. The molecule has 1 heterocycles. The van der Waals surface area contributed by atoms with Gasteiger partial charge in [-0.3, -0.25) is 4.79 Å². The molecule has 0 radical (unpaired) electrons. The van der Waals surface area contributed by atoms with E-state index in [1.807, 2.05) is 0 Å². The molecule has 0 aliphatic rings. The Labute approximate surface area is 107 Å². The van der Waals surface area contributed by atoms with Crippen molar-refractivity contribution in [2.45, 2.75) is 0 Å². The topological polar surface area (TPSA) is 77.2 Å². The Morgan fingerprint density at radius 3 is 2.81 bits per heavy atom. The second-order valence-electron chi connectivity index (χ2n) is 2.60. The lowest BCUT2D eigenvalue weighted by molar-refractivity contribution is 0.0946. The third-order valence-electron chi connectivity index (χ3n) is 1.64. The third-order valence-corrected chi connectivity index (χ3v) is 1.64. The van der Waals surface area contributed by atoms with Gasteiger partial charge in [0.1, 0.15) is 5.75 Å². The number of amides is 1. The van der Waals surface area contributed by atoms with Crippen molar-refractivity contribution in [3.63, 3.8) is 0 Å². The number of nitrogens with zero attached hydrogens (tertiary/aromatic N) is 1. The van der Waals surface area contributed by atoms with Crippen molar-refractivity contribution in [3.05, 3.63) is 24.0 Å². The normalized spacial score (nSPS) is 8.38. The minimum Gasteiger partial charge on any atom is -0.494 e. The molecule has 1 rings (SSSR count). The summed E-state index contributed by atoms with van der Waals surface area (Å²) in [5.41, 5.74) is 5.54. The first-order valence-electron chi connectivity index (χ1n) is 4.27. The van der Waals surface area contributed by atoms with E-state index in [2.05, 4.69) is 10.3 Å². The molecule has 0 aliphatic heterocycles. The van der Waals surface area contributed by atoms with Crippen LogP contribution in [-0.4, -0.2) is 31.1 Å². The molecule has 5 nitrogen and oxygen atoms in total. The molecule has 0 unspecified atom stereocenters.